The number of ether oxygens (including phenoxy) is 7. The third kappa shape index (κ3) is 7.68. The Morgan fingerprint density at radius 1 is 0.791 bits per heavy atom. The third-order valence-corrected chi connectivity index (χ3v) is 8.65. The van der Waals surface area contributed by atoms with Crippen molar-refractivity contribution >= 4 is 23.9 Å². The van der Waals surface area contributed by atoms with Gasteiger partial charge < -0.3 is 33.2 Å². The van der Waals surface area contributed by atoms with E-state index in [9.17, 15) is 19.2 Å². The largest absolute Gasteiger partial charge is 0.497 e. The van der Waals surface area contributed by atoms with E-state index >= 15 is 0 Å². The summed E-state index contributed by atoms with van der Waals surface area (Å²) in [5, 5.41) is 0. The smallest absolute Gasteiger partial charge is 0.303 e. The van der Waals surface area contributed by atoms with Crippen LogP contribution in [0.1, 0.15) is 65.4 Å². The van der Waals surface area contributed by atoms with Crippen molar-refractivity contribution in [2.45, 2.75) is 97.1 Å². The van der Waals surface area contributed by atoms with Crippen LogP contribution in [0, 0.1) is 23.7 Å². The second-order valence-electron chi connectivity index (χ2n) is 12.1. The Balaban J connectivity index is 1.32. The zero-order chi connectivity index (χ0) is 30.7. The molecule has 0 amide bonds. The van der Waals surface area contributed by atoms with Crippen molar-refractivity contribution < 1.29 is 52.3 Å². The summed E-state index contributed by atoms with van der Waals surface area (Å²) in [6, 6.07) is 7.20. The average molecular weight is 601 g/mol. The number of carbonyl (C=O) groups excluding carboxylic acids is 4. The van der Waals surface area contributed by atoms with Crippen LogP contribution in [0.25, 0.3) is 0 Å². The van der Waals surface area contributed by atoms with E-state index < -0.39 is 54.6 Å². The molecule has 1 aromatic rings. The van der Waals surface area contributed by atoms with Gasteiger partial charge in [0.15, 0.2) is 12.2 Å². The van der Waals surface area contributed by atoms with Crippen LogP contribution in [-0.2, 0) is 54.2 Å². The van der Waals surface area contributed by atoms with E-state index in [1.54, 1.807) is 18.2 Å². The van der Waals surface area contributed by atoms with E-state index in [-0.39, 0.29) is 6.61 Å². The first-order chi connectivity index (χ1) is 20.5. The summed E-state index contributed by atoms with van der Waals surface area (Å²) in [5.74, 6) is 0.736. The minimum Gasteiger partial charge on any atom is -0.497 e. The monoisotopic (exact) mass is 600 g/mol. The van der Waals surface area contributed by atoms with Gasteiger partial charge in [0.25, 0.3) is 0 Å². The zero-order valence-electron chi connectivity index (χ0n) is 25.0. The molecule has 1 heterocycles. The number of carbonyl (C=O) groups is 4. The van der Waals surface area contributed by atoms with Gasteiger partial charge in [-0.3, -0.25) is 19.2 Å². The summed E-state index contributed by atoms with van der Waals surface area (Å²) in [4.78, 5) is 47.7. The number of benzene rings is 1. The fourth-order valence-electron chi connectivity index (χ4n) is 7.28. The van der Waals surface area contributed by atoms with Gasteiger partial charge >= 0.3 is 23.9 Å². The molecule has 5 atom stereocenters. The molecule has 6 rings (SSSR count). The molecule has 0 spiro atoms. The Morgan fingerprint density at radius 3 is 2.00 bits per heavy atom. The molecule has 0 radical (unpaired) electrons. The standard InChI is InChI=1S/C32H40O11/c1-17(33)38-16-28-29(39-18(2)34)30(40-19(3)35)31(41-20(4)36)32(43-28)42-26-7-5-6-21(13-26)14-37-15-27-24-9-22-8-23(11-24)12-25(27)10-22/h5-7,13,15,22-25,28-32H,8-12,14,16H2,1-4H3/t22?,23?,24?,25?,28-,29+,30+,31-,32-/m1/s1. The quantitative estimate of drug-likeness (QED) is 0.219. The van der Waals surface area contributed by atoms with Gasteiger partial charge in [-0.2, -0.15) is 0 Å². The van der Waals surface area contributed by atoms with Crippen LogP contribution in [0.5, 0.6) is 5.75 Å². The maximum atomic E-state index is 12.1. The van der Waals surface area contributed by atoms with Crippen molar-refractivity contribution in [1.29, 1.82) is 0 Å². The van der Waals surface area contributed by atoms with Crippen molar-refractivity contribution in [3.8, 4) is 5.75 Å². The lowest BCUT2D eigenvalue weighted by atomic mass is 9.54. The number of hydrogen-bond donors (Lipinski definition) is 0. The van der Waals surface area contributed by atoms with Crippen LogP contribution in [0.2, 0.25) is 0 Å². The third-order valence-electron chi connectivity index (χ3n) is 8.65. The second kappa shape index (κ2) is 13.4. The Bertz CT molecular complexity index is 1210. The van der Waals surface area contributed by atoms with Gasteiger partial charge in [-0.1, -0.05) is 12.1 Å². The van der Waals surface area contributed by atoms with Gasteiger partial charge in [0.05, 0.1) is 6.26 Å². The zero-order valence-corrected chi connectivity index (χ0v) is 25.0. The molecule has 1 aliphatic heterocycles. The van der Waals surface area contributed by atoms with Crippen molar-refractivity contribution in [1.82, 2.24) is 0 Å². The summed E-state index contributed by atoms with van der Waals surface area (Å²) in [7, 11) is 0. The van der Waals surface area contributed by atoms with E-state index in [1.165, 1.54) is 65.4 Å². The summed E-state index contributed by atoms with van der Waals surface area (Å²) < 4.78 is 39.8. The van der Waals surface area contributed by atoms with Crippen molar-refractivity contribution in [2.24, 2.45) is 23.7 Å². The number of allylic oxidation sites excluding steroid dienone is 1. The highest BCUT2D eigenvalue weighted by atomic mass is 16.7. The molecule has 5 fully saturated rings. The first-order valence-corrected chi connectivity index (χ1v) is 14.9. The molecule has 0 unspecified atom stereocenters. The number of hydrogen-bond acceptors (Lipinski definition) is 11. The first kappa shape index (κ1) is 30.8. The van der Waals surface area contributed by atoms with Gasteiger partial charge in [0, 0.05) is 27.7 Å². The fraction of sp³-hybridized carbons (Fsp3) is 0.625. The molecule has 0 N–H and O–H groups in total. The molecule has 43 heavy (non-hydrogen) atoms. The summed E-state index contributed by atoms with van der Waals surface area (Å²) in [6.45, 7) is 4.75. The van der Waals surface area contributed by atoms with Gasteiger partial charge in [-0.15, -0.1) is 0 Å². The van der Waals surface area contributed by atoms with E-state index in [0.717, 1.165) is 17.4 Å². The van der Waals surface area contributed by atoms with Crippen LogP contribution < -0.4 is 4.74 Å². The maximum Gasteiger partial charge on any atom is 0.303 e. The lowest BCUT2D eigenvalue weighted by Gasteiger charge is -2.51. The summed E-state index contributed by atoms with van der Waals surface area (Å²) >= 11 is 0. The van der Waals surface area contributed by atoms with Crippen molar-refractivity contribution in [3.63, 3.8) is 0 Å². The average Bonchev–Trinajstić information content (AvgIpc) is 2.91. The van der Waals surface area contributed by atoms with Crippen molar-refractivity contribution in [3.05, 3.63) is 41.7 Å². The van der Waals surface area contributed by atoms with Crippen LogP contribution in [-0.4, -0.2) is 61.2 Å². The molecule has 0 aromatic heterocycles. The molecule has 5 aliphatic rings. The van der Waals surface area contributed by atoms with Gasteiger partial charge in [-0.25, -0.2) is 0 Å². The Labute approximate surface area is 251 Å². The number of rotatable bonds is 10. The predicted octanol–water partition coefficient (Wildman–Crippen LogP) is 4.01. The number of esters is 4. The van der Waals surface area contributed by atoms with Crippen LogP contribution in [0.4, 0.5) is 0 Å². The lowest BCUT2D eigenvalue weighted by Crippen LogP contribution is -2.63. The fourth-order valence-corrected chi connectivity index (χ4v) is 7.28. The molecule has 1 aromatic carbocycles. The molecular formula is C32H40O11. The normalized spacial score (nSPS) is 32.4. The molecule has 234 valence electrons. The maximum absolute atomic E-state index is 12.1. The Hall–Kier alpha value is -3.60. The minimum atomic E-state index is -1.30. The summed E-state index contributed by atoms with van der Waals surface area (Å²) in [6.07, 6.45) is 2.24. The first-order valence-electron chi connectivity index (χ1n) is 14.9. The predicted molar refractivity (Wildman–Crippen MR) is 149 cm³/mol. The Morgan fingerprint density at radius 2 is 1.40 bits per heavy atom. The molecule has 1 saturated heterocycles. The molecular weight excluding hydrogens is 560 g/mol. The van der Waals surface area contributed by atoms with Crippen LogP contribution in [0.15, 0.2) is 36.1 Å². The highest BCUT2D eigenvalue weighted by Gasteiger charge is 2.53. The van der Waals surface area contributed by atoms with Gasteiger partial charge in [0.2, 0.25) is 12.4 Å². The molecule has 4 aliphatic carbocycles. The highest BCUT2D eigenvalue weighted by molar-refractivity contribution is 5.68. The Kier molecular flexibility index (Phi) is 9.59. The van der Waals surface area contributed by atoms with Crippen LogP contribution in [0.3, 0.4) is 0 Å². The SMILES string of the molecule is CC(=O)OC[C@H]1O[C@@H](Oc2cccc(COC=C3C4CC5CC(C4)CC3C5)c2)[C@H](OC(C)=O)[C@@H](OC(C)=O)[C@H]1OC(C)=O. The second-order valence-corrected chi connectivity index (χ2v) is 12.1. The van der Waals surface area contributed by atoms with E-state index in [0.29, 0.717) is 24.2 Å². The molecule has 11 nitrogen and oxygen atoms in total. The van der Waals surface area contributed by atoms with E-state index in [4.69, 9.17) is 33.2 Å². The lowest BCUT2D eigenvalue weighted by molar-refractivity contribution is -0.288. The molecule has 4 bridgehead atoms. The van der Waals surface area contributed by atoms with E-state index in [2.05, 4.69) is 0 Å². The minimum absolute atomic E-state index is 0.330. The topological polar surface area (TPSA) is 133 Å². The van der Waals surface area contributed by atoms with E-state index in [1.807, 2.05) is 12.3 Å². The van der Waals surface area contributed by atoms with Crippen molar-refractivity contribution in [2.75, 3.05) is 6.61 Å². The molecule has 11 heteroatoms. The molecule has 4 saturated carbocycles. The van der Waals surface area contributed by atoms with Gasteiger partial charge in [0.1, 0.15) is 25.1 Å². The van der Waals surface area contributed by atoms with Crippen LogP contribution >= 0.6 is 0 Å². The highest BCUT2D eigenvalue weighted by Crippen LogP contribution is 2.56. The summed E-state index contributed by atoms with van der Waals surface area (Å²) in [5.41, 5.74) is 2.31. The van der Waals surface area contributed by atoms with Gasteiger partial charge in [-0.05, 0) is 79.0 Å².